The first-order chi connectivity index (χ1) is 15.0. The minimum absolute atomic E-state index is 0.120. The van der Waals surface area contributed by atoms with E-state index in [-0.39, 0.29) is 17.8 Å². The van der Waals surface area contributed by atoms with Crippen molar-refractivity contribution in [3.05, 3.63) is 77.4 Å². The van der Waals surface area contributed by atoms with Gasteiger partial charge in [-0.25, -0.2) is 4.98 Å². The van der Waals surface area contributed by atoms with Crippen LogP contribution in [0, 0.1) is 13.8 Å². The Bertz CT molecular complexity index is 1400. The van der Waals surface area contributed by atoms with Crippen LogP contribution in [0.25, 0.3) is 33.2 Å². The van der Waals surface area contributed by atoms with Crippen LogP contribution in [-0.2, 0) is 0 Å². The number of aromatic nitrogens is 5. The highest BCUT2D eigenvalue weighted by Crippen LogP contribution is 2.30. The molecule has 0 aliphatic carbocycles. The molecule has 1 atom stereocenters. The van der Waals surface area contributed by atoms with Gasteiger partial charge in [0.25, 0.3) is 5.91 Å². The number of carbonyl (C=O) groups excluding carboxylic acids is 1. The number of carbonyl (C=O) groups is 1. The lowest BCUT2D eigenvalue weighted by atomic mass is 10.1. The number of pyridine rings is 1. The SMILES string of the molecule is Cc1cc(-c2n[nH]c3cc4[nH]c(C(=O)N[C@H](C)c5ccccc5)nc4cc23)cc(C)n1. The zero-order valence-electron chi connectivity index (χ0n) is 17.5. The monoisotopic (exact) mass is 410 g/mol. The average Bonchev–Trinajstić information content (AvgIpc) is 3.35. The van der Waals surface area contributed by atoms with Crippen molar-refractivity contribution in [2.45, 2.75) is 26.8 Å². The van der Waals surface area contributed by atoms with Gasteiger partial charge >= 0.3 is 0 Å². The van der Waals surface area contributed by atoms with Crippen molar-refractivity contribution >= 4 is 27.8 Å². The summed E-state index contributed by atoms with van der Waals surface area (Å²) in [5.74, 6) is 0.0467. The summed E-state index contributed by atoms with van der Waals surface area (Å²) >= 11 is 0. The Kier molecular flexibility index (Phi) is 4.51. The van der Waals surface area contributed by atoms with Gasteiger partial charge in [-0.3, -0.25) is 14.9 Å². The molecule has 0 fully saturated rings. The van der Waals surface area contributed by atoms with Crippen LogP contribution in [0.5, 0.6) is 0 Å². The Morgan fingerprint density at radius 1 is 0.968 bits per heavy atom. The summed E-state index contributed by atoms with van der Waals surface area (Å²) in [6.45, 7) is 5.90. The highest BCUT2D eigenvalue weighted by molar-refractivity contribution is 6.02. The molecule has 0 radical (unpaired) electrons. The molecule has 0 unspecified atom stereocenters. The summed E-state index contributed by atoms with van der Waals surface area (Å²) in [7, 11) is 0. The second-order valence-corrected chi connectivity index (χ2v) is 7.82. The number of nitrogens with one attached hydrogen (secondary N) is 3. The Hall–Kier alpha value is -4.00. The molecule has 1 amide bonds. The minimum Gasteiger partial charge on any atom is -0.343 e. The quantitative estimate of drug-likeness (QED) is 0.403. The molecule has 0 saturated heterocycles. The van der Waals surface area contributed by atoms with Gasteiger partial charge in [0.05, 0.1) is 22.6 Å². The second kappa shape index (κ2) is 7.36. The molecule has 7 nitrogen and oxygen atoms in total. The van der Waals surface area contributed by atoms with Gasteiger partial charge < -0.3 is 10.3 Å². The van der Waals surface area contributed by atoms with Crippen LogP contribution in [0.15, 0.2) is 54.6 Å². The van der Waals surface area contributed by atoms with Gasteiger partial charge in [-0.15, -0.1) is 0 Å². The Morgan fingerprint density at radius 2 is 1.71 bits per heavy atom. The number of hydrogen-bond acceptors (Lipinski definition) is 4. The van der Waals surface area contributed by atoms with E-state index in [1.54, 1.807) is 0 Å². The maximum atomic E-state index is 12.8. The van der Waals surface area contributed by atoms with Crippen molar-refractivity contribution in [3.63, 3.8) is 0 Å². The normalized spacial score (nSPS) is 12.4. The van der Waals surface area contributed by atoms with Crippen molar-refractivity contribution in [2.24, 2.45) is 0 Å². The molecule has 154 valence electrons. The first-order valence-electron chi connectivity index (χ1n) is 10.2. The number of fused-ring (bicyclic) bond motifs is 2. The van der Waals surface area contributed by atoms with E-state index < -0.39 is 0 Å². The minimum atomic E-state index is -0.241. The second-order valence-electron chi connectivity index (χ2n) is 7.82. The van der Waals surface area contributed by atoms with Gasteiger partial charge in [0.15, 0.2) is 5.82 Å². The summed E-state index contributed by atoms with van der Waals surface area (Å²) < 4.78 is 0. The van der Waals surface area contributed by atoms with Crippen LogP contribution in [-0.4, -0.2) is 31.1 Å². The predicted molar refractivity (Wildman–Crippen MR) is 121 cm³/mol. The number of amides is 1. The fourth-order valence-electron chi connectivity index (χ4n) is 3.91. The lowest BCUT2D eigenvalue weighted by Crippen LogP contribution is -2.27. The summed E-state index contributed by atoms with van der Waals surface area (Å²) in [5.41, 5.74) is 7.15. The molecule has 0 saturated carbocycles. The largest absolute Gasteiger partial charge is 0.343 e. The van der Waals surface area contributed by atoms with E-state index in [9.17, 15) is 4.79 Å². The first kappa shape index (κ1) is 19.0. The summed E-state index contributed by atoms with van der Waals surface area (Å²) in [6.07, 6.45) is 0. The number of hydrogen-bond donors (Lipinski definition) is 3. The molecule has 0 bridgehead atoms. The Balaban J connectivity index is 1.49. The molecule has 7 heteroatoms. The number of aromatic amines is 2. The molecule has 3 aromatic heterocycles. The van der Waals surface area contributed by atoms with Gasteiger partial charge in [0.2, 0.25) is 0 Å². The van der Waals surface area contributed by atoms with E-state index in [4.69, 9.17) is 0 Å². The van der Waals surface area contributed by atoms with Gasteiger partial charge in [-0.1, -0.05) is 30.3 Å². The van der Waals surface area contributed by atoms with Crippen LogP contribution >= 0.6 is 0 Å². The third-order valence-corrected chi connectivity index (χ3v) is 5.38. The predicted octanol–water partition coefficient (Wildman–Crippen LogP) is 4.61. The smallest absolute Gasteiger partial charge is 0.287 e. The molecule has 3 N–H and O–H groups in total. The van der Waals surface area contributed by atoms with Crippen molar-refractivity contribution in [1.82, 2.24) is 30.5 Å². The zero-order chi connectivity index (χ0) is 21.5. The van der Waals surface area contributed by atoms with E-state index in [0.29, 0.717) is 0 Å². The topological polar surface area (TPSA) is 99.3 Å². The number of nitrogens with zero attached hydrogens (tertiary/aromatic N) is 3. The maximum absolute atomic E-state index is 12.8. The third kappa shape index (κ3) is 3.54. The molecular weight excluding hydrogens is 388 g/mol. The molecule has 5 rings (SSSR count). The van der Waals surface area contributed by atoms with Gasteiger partial charge in [0.1, 0.15) is 5.69 Å². The van der Waals surface area contributed by atoms with Crippen LogP contribution in [0.2, 0.25) is 0 Å². The molecule has 3 heterocycles. The van der Waals surface area contributed by atoms with E-state index in [0.717, 1.165) is 50.1 Å². The molecule has 0 spiro atoms. The van der Waals surface area contributed by atoms with E-state index in [2.05, 4.69) is 30.5 Å². The standard InChI is InChI=1S/C24H22N6O/c1-13-9-17(10-14(2)25-13)22-18-11-20-21(12-19(18)29-30-22)28-23(27-20)24(31)26-15(3)16-7-5-4-6-8-16/h4-12,15H,1-3H3,(H,26,31)(H,27,28)(H,29,30)/t15-/m1/s1. The molecule has 0 aliphatic rings. The van der Waals surface area contributed by atoms with Crippen molar-refractivity contribution in [2.75, 3.05) is 0 Å². The Labute approximate surface area is 178 Å². The average molecular weight is 410 g/mol. The highest BCUT2D eigenvalue weighted by Gasteiger charge is 2.17. The van der Waals surface area contributed by atoms with Crippen LogP contribution < -0.4 is 5.32 Å². The Morgan fingerprint density at radius 3 is 2.45 bits per heavy atom. The maximum Gasteiger partial charge on any atom is 0.287 e. The molecule has 0 aliphatic heterocycles. The number of H-pyrrole nitrogens is 2. The van der Waals surface area contributed by atoms with E-state index in [1.165, 1.54) is 0 Å². The summed E-state index contributed by atoms with van der Waals surface area (Å²) in [6, 6.07) is 17.7. The number of rotatable bonds is 4. The first-order valence-corrected chi connectivity index (χ1v) is 10.2. The number of aryl methyl sites for hydroxylation is 2. The van der Waals surface area contributed by atoms with Crippen LogP contribution in [0.4, 0.5) is 0 Å². The fourth-order valence-corrected chi connectivity index (χ4v) is 3.91. The van der Waals surface area contributed by atoms with Crippen molar-refractivity contribution in [1.29, 1.82) is 0 Å². The zero-order valence-corrected chi connectivity index (χ0v) is 17.5. The highest BCUT2D eigenvalue weighted by atomic mass is 16.2. The van der Waals surface area contributed by atoms with Gasteiger partial charge in [-0.2, -0.15) is 5.10 Å². The molecule has 31 heavy (non-hydrogen) atoms. The molecular formula is C24H22N6O. The van der Waals surface area contributed by atoms with E-state index >= 15 is 0 Å². The van der Waals surface area contributed by atoms with E-state index in [1.807, 2.05) is 75.4 Å². The molecule has 2 aromatic carbocycles. The summed E-state index contributed by atoms with van der Waals surface area (Å²) in [4.78, 5) is 24.9. The van der Waals surface area contributed by atoms with Crippen molar-refractivity contribution in [3.8, 4) is 11.3 Å². The van der Waals surface area contributed by atoms with Gasteiger partial charge in [-0.05, 0) is 50.6 Å². The summed E-state index contributed by atoms with van der Waals surface area (Å²) in [5, 5.41) is 11.5. The third-order valence-electron chi connectivity index (χ3n) is 5.38. The number of benzene rings is 2. The van der Waals surface area contributed by atoms with Gasteiger partial charge in [0, 0.05) is 22.3 Å². The van der Waals surface area contributed by atoms with Crippen molar-refractivity contribution < 1.29 is 4.79 Å². The molecule has 5 aromatic rings. The van der Waals surface area contributed by atoms with Crippen LogP contribution in [0.1, 0.15) is 40.5 Å². The fraction of sp³-hybridized carbons (Fsp3) is 0.167. The lowest BCUT2D eigenvalue weighted by molar-refractivity contribution is 0.0930. The van der Waals surface area contributed by atoms with Crippen LogP contribution in [0.3, 0.4) is 0 Å². The number of imidazole rings is 1. The lowest BCUT2D eigenvalue weighted by Gasteiger charge is -2.12.